The smallest absolute Gasteiger partial charge is 0.355 e. The van der Waals surface area contributed by atoms with E-state index < -0.39 is 18.5 Å². The lowest BCUT2D eigenvalue weighted by atomic mass is 10.1. The molecule has 1 aromatic rings. The van der Waals surface area contributed by atoms with Crippen molar-refractivity contribution < 1.29 is 19.1 Å². The van der Waals surface area contributed by atoms with Crippen LogP contribution in [-0.4, -0.2) is 30.1 Å². The number of hydrazone groups is 1. The van der Waals surface area contributed by atoms with Crippen molar-refractivity contribution in [3.63, 3.8) is 0 Å². The predicted molar refractivity (Wildman–Crippen MR) is 86.5 cm³/mol. The highest BCUT2D eigenvalue weighted by molar-refractivity contribution is 9.10. The van der Waals surface area contributed by atoms with E-state index in [1.165, 1.54) is 0 Å². The van der Waals surface area contributed by atoms with E-state index in [0.29, 0.717) is 0 Å². The van der Waals surface area contributed by atoms with Crippen molar-refractivity contribution in [1.82, 2.24) is 10.7 Å². The molecule has 0 spiro atoms. The van der Waals surface area contributed by atoms with Crippen LogP contribution in [0.15, 0.2) is 33.8 Å². The van der Waals surface area contributed by atoms with Gasteiger partial charge < -0.3 is 10.1 Å². The van der Waals surface area contributed by atoms with E-state index in [1.807, 2.05) is 31.2 Å². The molecule has 1 atom stereocenters. The van der Waals surface area contributed by atoms with E-state index in [1.54, 1.807) is 0 Å². The molecule has 2 N–H and O–H groups in total. The quantitative estimate of drug-likeness (QED) is 0.754. The molecule has 0 bridgehead atoms. The largest absolute Gasteiger partial charge is 0.451 e. The van der Waals surface area contributed by atoms with Gasteiger partial charge in [0.05, 0.1) is 6.04 Å². The molecule has 1 aliphatic heterocycles. The van der Waals surface area contributed by atoms with Crippen LogP contribution < -0.4 is 10.7 Å². The molecule has 0 unspecified atom stereocenters. The van der Waals surface area contributed by atoms with Gasteiger partial charge in [-0.25, -0.2) is 10.2 Å². The highest BCUT2D eigenvalue weighted by atomic mass is 79.9. The number of ether oxygens (including phenoxy) is 1. The van der Waals surface area contributed by atoms with Gasteiger partial charge in [-0.3, -0.25) is 9.59 Å². The van der Waals surface area contributed by atoms with Gasteiger partial charge >= 0.3 is 5.97 Å². The molecule has 2 amide bonds. The van der Waals surface area contributed by atoms with E-state index >= 15 is 0 Å². The summed E-state index contributed by atoms with van der Waals surface area (Å²) in [5.74, 6) is -1.35. The summed E-state index contributed by atoms with van der Waals surface area (Å²) in [5.41, 5.74) is 3.25. The Bertz CT molecular complexity index is 643. The normalized spacial score (nSPS) is 15.2. The van der Waals surface area contributed by atoms with Gasteiger partial charge in [0.1, 0.15) is 5.71 Å². The van der Waals surface area contributed by atoms with Crippen LogP contribution in [0.25, 0.3) is 0 Å². The second-order valence-electron chi connectivity index (χ2n) is 5.01. The minimum absolute atomic E-state index is 0.110. The Hall–Kier alpha value is -2.22. The molecular weight excluding hydrogens is 366 g/mol. The van der Waals surface area contributed by atoms with Crippen molar-refractivity contribution in [1.29, 1.82) is 0 Å². The number of esters is 1. The second-order valence-corrected chi connectivity index (χ2v) is 5.93. The number of amides is 2. The Morgan fingerprint density at radius 1 is 1.35 bits per heavy atom. The van der Waals surface area contributed by atoms with Crippen LogP contribution in [-0.2, 0) is 19.1 Å². The highest BCUT2D eigenvalue weighted by Gasteiger charge is 2.20. The van der Waals surface area contributed by atoms with E-state index in [2.05, 4.69) is 31.8 Å². The van der Waals surface area contributed by atoms with Crippen LogP contribution in [0.1, 0.15) is 31.4 Å². The molecule has 1 heterocycles. The summed E-state index contributed by atoms with van der Waals surface area (Å²) in [6, 6.07) is 7.34. The van der Waals surface area contributed by atoms with Crippen LogP contribution in [0, 0.1) is 0 Å². The Morgan fingerprint density at radius 3 is 2.65 bits per heavy atom. The Morgan fingerprint density at radius 2 is 2.04 bits per heavy atom. The van der Waals surface area contributed by atoms with Crippen molar-refractivity contribution in [2.24, 2.45) is 5.10 Å². The minimum Gasteiger partial charge on any atom is -0.451 e. The number of halogens is 1. The molecule has 0 saturated heterocycles. The number of nitrogens with one attached hydrogen (secondary N) is 2. The summed E-state index contributed by atoms with van der Waals surface area (Å²) in [4.78, 5) is 34.5. The van der Waals surface area contributed by atoms with Crippen LogP contribution >= 0.6 is 15.9 Å². The number of carbonyl (C=O) groups is 3. The summed E-state index contributed by atoms with van der Waals surface area (Å²) in [5, 5.41) is 6.35. The molecule has 23 heavy (non-hydrogen) atoms. The van der Waals surface area contributed by atoms with Gasteiger partial charge in [-0.2, -0.15) is 5.10 Å². The zero-order chi connectivity index (χ0) is 16.8. The van der Waals surface area contributed by atoms with Gasteiger partial charge in [-0.1, -0.05) is 28.1 Å². The first-order valence-electron chi connectivity index (χ1n) is 7.03. The molecule has 0 fully saturated rings. The van der Waals surface area contributed by atoms with Crippen LogP contribution in [0.3, 0.4) is 0 Å². The van der Waals surface area contributed by atoms with Crippen molar-refractivity contribution in [3.05, 3.63) is 34.3 Å². The van der Waals surface area contributed by atoms with Crippen LogP contribution in [0.2, 0.25) is 0 Å². The molecule has 0 radical (unpaired) electrons. The first kappa shape index (κ1) is 17.1. The number of hydrogen-bond donors (Lipinski definition) is 2. The summed E-state index contributed by atoms with van der Waals surface area (Å²) >= 11 is 3.35. The summed E-state index contributed by atoms with van der Waals surface area (Å²) in [7, 11) is 0. The fourth-order valence-corrected chi connectivity index (χ4v) is 2.22. The maximum Gasteiger partial charge on any atom is 0.355 e. The van der Waals surface area contributed by atoms with Crippen molar-refractivity contribution in [2.75, 3.05) is 6.61 Å². The lowest BCUT2D eigenvalue weighted by Gasteiger charge is -2.15. The molecule has 1 aromatic carbocycles. The summed E-state index contributed by atoms with van der Waals surface area (Å²) < 4.78 is 5.85. The molecule has 0 aliphatic carbocycles. The lowest BCUT2D eigenvalue weighted by molar-refractivity contribution is -0.142. The first-order chi connectivity index (χ1) is 11.0. The van der Waals surface area contributed by atoms with Gasteiger partial charge in [-0.05, 0) is 24.6 Å². The molecular formula is C15H16BrN3O4. The van der Waals surface area contributed by atoms with Crippen molar-refractivity contribution in [3.8, 4) is 0 Å². The van der Waals surface area contributed by atoms with E-state index in [4.69, 9.17) is 4.74 Å². The van der Waals surface area contributed by atoms with E-state index in [0.717, 1.165) is 10.0 Å². The van der Waals surface area contributed by atoms with Gasteiger partial charge in [0.15, 0.2) is 6.61 Å². The molecule has 0 aromatic heterocycles. The molecule has 122 valence electrons. The third-order valence-electron chi connectivity index (χ3n) is 3.22. The van der Waals surface area contributed by atoms with Gasteiger partial charge in [0.25, 0.3) is 5.91 Å². The monoisotopic (exact) mass is 381 g/mol. The third-order valence-corrected chi connectivity index (χ3v) is 3.75. The highest BCUT2D eigenvalue weighted by Crippen LogP contribution is 2.16. The number of benzene rings is 1. The summed E-state index contributed by atoms with van der Waals surface area (Å²) in [6.07, 6.45) is 0.391. The first-order valence-corrected chi connectivity index (χ1v) is 7.82. The van der Waals surface area contributed by atoms with E-state index in [-0.39, 0.29) is 30.5 Å². The maximum atomic E-state index is 11.8. The van der Waals surface area contributed by atoms with Crippen LogP contribution in [0.5, 0.6) is 0 Å². The Labute approximate surface area is 141 Å². The van der Waals surface area contributed by atoms with Gasteiger partial charge in [-0.15, -0.1) is 0 Å². The fourth-order valence-electron chi connectivity index (χ4n) is 1.95. The van der Waals surface area contributed by atoms with Gasteiger partial charge in [0, 0.05) is 17.3 Å². The lowest BCUT2D eigenvalue weighted by Crippen LogP contribution is -2.34. The van der Waals surface area contributed by atoms with E-state index in [9.17, 15) is 14.4 Å². The predicted octanol–water partition coefficient (Wildman–Crippen LogP) is 1.44. The Balaban J connectivity index is 1.79. The number of rotatable bonds is 5. The molecule has 0 saturated carbocycles. The minimum atomic E-state index is -0.698. The number of carbonyl (C=O) groups excluding carboxylic acids is 3. The molecule has 1 aliphatic rings. The average molecular weight is 382 g/mol. The second kappa shape index (κ2) is 7.87. The number of nitrogens with zero attached hydrogens (tertiary/aromatic N) is 1. The Kier molecular flexibility index (Phi) is 5.86. The molecule has 2 rings (SSSR count). The average Bonchev–Trinajstić information content (AvgIpc) is 2.54. The molecule has 7 nitrogen and oxygen atoms in total. The fraction of sp³-hybridized carbons (Fsp3) is 0.333. The standard InChI is InChI=1S/C15H16BrN3O4/c1-9(10-2-4-11(16)5-3-10)17-14(21)8-23-15(22)12-6-7-13(20)19-18-12/h2-5,9H,6-8H2,1H3,(H,17,21)(H,19,20)/t9-/m0/s1. The summed E-state index contributed by atoms with van der Waals surface area (Å²) in [6.45, 7) is 1.44. The van der Waals surface area contributed by atoms with Gasteiger partial charge in [0.2, 0.25) is 5.91 Å². The molecule has 8 heteroatoms. The number of hydrogen-bond acceptors (Lipinski definition) is 5. The van der Waals surface area contributed by atoms with Crippen molar-refractivity contribution in [2.45, 2.75) is 25.8 Å². The van der Waals surface area contributed by atoms with Crippen LogP contribution in [0.4, 0.5) is 0 Å². The maximum absolute atomic E-state index is 11.8. The zero-order valence-electron chi connectivity index (χ0n) is 12.5. The SMILES string of the molecule is C[C@H](NC(=O)COC(=O)C1=NNC(=O)CC1)c1ccc(Br)cc1. The topological polar surface area (TPSA) is 96.9 Å². The third kappa shape index (κ3) is 5.17. The zero-order valence-corrected chi connectivity index (χ0v) is 14.1. The van der Waals surface area contributed by atoms with Crippen molar-refractivity contribution >= 4 is 39.4 Å².